The van der Waals surface area contributed by atoms with Crippen LogP contribution in [0.1, 0.15) is 0 Å². The monoisotopic (exact) mass is 1000 g/mol. The van der Waals surface area contributed by atoms with E-state index in [9.17, 15) is 0 Å². The van der Waals surface area contributed by atoms with Gasteiger partial charge in [0.25, 0.3) is 0 Å². The third-order valence-electron chi connectivity index (χ3n) is 15.4. The lowest BCUT2D eigenvalue weighted by Crippen LogP contribution is -2.28. The van der Waals surface area contributed by atoms with Crippen LogP contribution < -0.4 is 19.6 Å². The molecule has 4 heterocycles. The Kier molecular flexibility index (Phi) is 10.5. The highest BCUT2D eigenvalue weighted by Crippen LogP contribution is 2.65. The number of fused-ring (bicyclic) bond motifs is 6. The molecule has 8 heteroatoms. The molecule has 0 atom stereocenters. The molecule has 0 saturated heterocycles. The molecule has 15 rings (SSSR count). The van der Waals surface area contributed by atoms with Crippen molar-refractivity contribution in [1.82, 2.24) is 9.97 Å². The number of benzene rings is 11. The Morgan fingerprint density at radius 2 is 0.526 bits per heavy atom. The van der Waals surface area contributed by atoms with Crippen LogP contribution in [-0.2, 0) is 0 Å². The van der Waals surface area contributed by atoms with Crippen LogP contribution in [-0.4, -0.2) is 24.1 Å². The summed E-state index contributed by atoms with van der Waals surface area (Å²) >= 11 is 0. The third kappa shape index (κ3) is 7.15. The van der Waals surface area contributed by atoms with Gasteiger partial charge in [-0.05, 0) is 119 Å². The first-order valence-corrected chi connectivity index (χ1v) is 26.3. The van der Waals surface area contributed by atoms with Crippen LogP contribution in [0.25, 0.3) is 89.6 Å². The lowest BCUT2D eigenvalue weighted by atomic mass is 9.79. The second-order valence-electron chi connectivity index (χ2n) is 19.8. The molecule has 0 fully saturated rings. The molecular weight excluding hydrogens is 957 g/mol. The van der Waals surface area contributed by atoms with Gasteiger partial charge in [0, 0.05) is 47.5 Å². The van der Waals surface area contributed by atoms with E-state index in [-0.39, 0.29) is 0 Å². The third-order valence-corrected chi connectivity index (χ3v) is 15.4. The maximum atomic E-state index is 6.43. The molecule has 11 aromatic carbocycles. The maximum absolute atomic E-state index is 6.43. The van der Waals surface area contributed by atoms with Gasteiger partial charge in [-0.2, -0.15) is 0 Å². The summed E-state index contributed by atoms with van der Waals surface area (Å²) in [5.41, 5.74) is 23.9. The molecule has 8 nitrogen and oxygen atoms in total. The normalized spacial score (nSPS) is 12.6. The maximum Gasteiger partial charge on any atom is 0.227 e. The van der Waals surface area contributed by atoms with Crippen molar-refractivity contribution in [3.05, 3.63) is 255 Å². The fraction of sp³-hybridized carbons (Fsp3) is 0.0286. The molecule has 2 aromatic heterocycles. The number of aromatic nitrogens is 2. The Balaban J connectivity index is 1.15. The van der Waals surface area contributed by atoms with E-state index in [2.05, 4.69) is 240 Å². The van der Waals surface area contributed by atoms with E-state index in [1.54, 1.807) is 0 Å². The minimum atomic E-state index is 0.568. The summed E-state index contributed by atoms with van der Waals surface area (Å²) in [6, 6.07) is 90.5. The van der Waals surface area contributed by atoms with Crippen molar-refractivity contribution in [1.29, 1.82) is 0 Å². The van der Waals surface area contributed by atoms with Gasteiger partial charge in [-0.3, -0.25) is 0 Å². The summed E-state index contributed by atoms with van der Waals surface area (Å²) in [5.74, 6) is 1.14. The Morgan fingerprint density at radius 3 is 0.885 bits per heavy atom. The first kappa shape index (κ1) is 45.0. The zero-order valence-electron chi connectivity index (χ0n) is 42.7. The highest BCUT2D eigenvalue weighted by Gasteiger charge is 2.40. The fourth-order valence-electron chi connectivity index (χ4n) is 11.8. The van der Waals surface area contributed by atoms with Crippen LogP contribution in [0.2, 0.25) is 0 Å². The van der Waals surface area contributed by atoms with E-state index in [1.807, 2.05) is 48.5 Å². The highest BCUT2D eigenvalue weighted by atomic mass is 16.4. The van der Waals surface area contributed by atoms with Gasteiger partial charge in [0.1, 0.15) is 11.0 Å². The molecule has 78 heavy (non-hydrogen) atoms. The van der Waals surface area contributed by atoms with Crippen LogP contribution in [0.4, 0.5) is 56.9 Å². The van der Waals surface area contributed by atoms with Crippen molar-refractivity contribution in [2.45, 2.75) is 0 Å². The van der Waals surface area contributed by atoms with Crippen LogP contribution in [0.5, 0.6) is 0 Å². The predicted molar refractivity (Wildman–Crippen MR) is 320 cm³/mol. The number of anilines is 10. The molecule has 0 bridgehead atoms. The summed E-state index contributed by atoms with van der Waals surface area (Å²) in [7, 11) is 4.35. The average Bonchev–Trinajstić information content (AvgIpc) is 4.12. The van der Waals surface area contributed by atoms with Gasteiger partial charge < -0.3 is 28.4 Å². The summed E-state index contributed by atoms with van der Waals surface area (Å²) in [4.78, 5) is 19.6. The molecule has 370 valence electrons. The summed E-state index contributed by atoms with van der Waals surface area (Å²) in [6.07, 6.45) is 0. The highest BCUT2D eigenvalue weighted by molar-refractivity contribution is 6.20. The van der Waals surface area contributed by atoms with Gasteiger partial charge >= 0.3 is 0 Å². The smallest absolute Gasteiger partial charge is 0.227 e. The molecule has 0 amide bonds. The first-order chi connectivity index (χ1) is 38.6. The largest absolute Gasteiger partial charge is 0.436 e. The van der Waals surface area contributed by atoms with E-state index in [1.165, 1.54) is 0 Å². The molecular formula is C70H48N6O2. The van der Waals surface area contributed by atoms with Crippen LogP contribution in [0, 0.1) is 0 Å². The van der Waals surface area contributed by atoms with Crippen molar-refractivity contribution in [3.8, 4) is 67.4 Å². The van der Waals surface area contributed by atoms with Gasteiger partial charge in [0.05, 0.1) is 56.9 Å². The lowest BCUT2D eigenvalue weighted by Gasteiger charge is -2.45. The predicted octanol–water partition coefficient (Wildman–Crippen LogP) is 19.1. The van der Waals surface area contributed by atoms with Crippen LogP contribution in [0.3, 0.4) is 0 Å². The van der Waals surface area contributed by atoms with Gasteiger partial charge in [-0.1, -0.05) is 158 Å². The number of hydrogen-bond acceptors (Lipinski definition) is 8. The van der Waals surface area contributed by atoms with Gasteiger partial charge in [0.2, 0.25) is 11.8 Å². The summed E-state index contributed by atoms with van der Waals surface area (Å²) in [5, 5.41) is 0. The van der Waals surface area contributed by atoms with E-state index < -0.39 is 0 Å². The van der Waals surface area contributed by atoms with Crippen molar-refractivity contribution < 1.29 is 8.83 Å². The van der Waals surface area contributed by atoms with E-state index >= 15 is 0 Å². The zero-order chi connectivity index (χ0) is 51.8. The number of rotatable bonds is 8. The van der Waals surface area contributed by atoms with E-state index in [4.69, 9.17) is 18.8 Å². The molecule has 0 N–H and O–H groups in total. The molecule has 13 aromatic rings. The van der Waals surface area contributed by atoms with Crippen LogP contribution >= 0.6 is 0 Å². The minimum Gasteiger partial charge on any atom is -0.436 e. The Bertz CT molecular complexity index is 4270. The lowest BCUT2D eigenvalue weighted by molar-refractivity contribution is 0.619. The first-order valence-electron chi connectivity index (χ1n) is 26.3. The van der Waals surface area contributed by atoms with Crippen molar-refractivity contribution in [2.24, 2.45) is 0 Å². The second kappa shape index (κ2) is 18.1. The average molecular weight is 1010 g/mol. The van der Waals surface area contributed by atoms with Crippen molar-refractivity contribution in [2.75, 3.05) is 33.7 Å². The molecule has 0 unspecified atom stereocenters. The minimum absolute atomic E-state index is 0.568. The van der Waals surface area contributed by atoms with E-state index in [0.717, 1.165) is 135 Å². The number of nitrogens with zero attached hydrogens (tertiary/aromatic N) is 6. The van der Waals surface area contributed by atoms with Crippen LogP contribution in [0.15, 0.2) is 264 Å². The number of para-hydroxylation sites is 12. The second-order valence-corrected chi connectivity index (χ2v) is 19.8. The molecule has 0 saturated carbocycles. The van der Waals surface area contributed by atoms with Gasteiger partial charge in [-0.15, -0.1) is 0 Å². The zero-order valence-corrected chi connectivity index (χ0v) is 42.7. The van der Waals surface area contributed by atoms with Crippen molar-refractivity contribution >= 4 is 79.1 Å². The number of oxazole rings is 2. The molecule has 0 radical (unpaired) electrons. The summed E-state index contributed by atoms with van der Waals surface area (Å²) < 4.78 is 12.8. The topological polar surface area (TPSA) is 65.0 Å². The Morgan fingerprint density at radius 1 is 0.256 bits per heavy atom. The fourth-order valence-corrected chi connectivity index (χ4v) is 11.8. The van der Waals surface area contributed by atoms with E-state index in [0.29, 0.717) is 11.8 Å². The standard InChI is InChI=1S/C70H48N6O2/c1-73-53-27-11-15-31-57(53)75(58-32-16-12-28-54(58)73)67-65(46-23-7-4-8-24-46)64(47-37-41-49(42-38-47)69-71-51-25-9-19-35-61(51)77-69)63(45-21-5-3-6-22-45)66(48-39-43-50(44-40-48)70-72-52-26-10-20-36-62(52)78-70)68(67)76-59-33-17-13-29-55(59)74(2)56-30-14-18-34-60(56)76/h3-44H,1-2H3. The molecule has 0 spiro atoms. The quantitative estimate of drug-likeness (QED) is 0.149. The van der Waals surface area contributed by atoms with Crippen molar-refractivity contribution in [3.63, 3.8) is 0 Å². The Labute approximate surface area is 451 Å². The SMILES string of the molecule is CN1c2ccccc2N(c2c(-c3ccccc3)c(-c3ccc(-c4nc5ccccc5o4)cc3)c(-c3ccccc3)c(-c3ccc(-c4nc5ccccc5o4)cc3)c2N2c3ccccc3N(C)c3ccccc32)c2ccccc21. The van der Waals surface area contributed by atoms with Gasteiger partial charge in [-0.25, -0.2) is 9.97 Å². The molecule has 2 aliphatic heterocycles. The molecule has 0 aliphatic carbocycles. The number of hydrogen-bond donors (Lipinski definition) is 0. The summed E-state index contributed by atoms with van der Waals surface area (Å²) in [6.45, 7) is 0. The van der Waals surface area contributed by atoms with Gasteiger partial charge in [0.15, 0.2) is 11.2 Å². The molecule has 2 aliphatic rings. The Hall–Kier alpha value is -10.4.